The van der Waals surface area contributed by atoms with Crippen molar-refractivity contribution < 1.29 is 0 Å². The highest BCUT2D eigenvalue weighted by Gasteiger charge is 2.14. The van der Waals surface area contributed by atoms with Crippen LogP contribution in [0.15, 0.2) is 22.7 Å². The molecule has 3 heteroatoms. The van der Waals surface area contributed by atoms with Crippen molar-refractivity contribution in [3.05, 3.63) is 27.7 Å². The number of benzene rings is 1. The molecule has 1 aromatic carbocycles. The summed E-state index contributed by atoms with van der Waals surface area (Å²) in [4.78, 5) is 2.39. The summed E-state index contributed by atoms with van der Waals surface area (Å²) in [5, 5.41) is 0.787. The molecular formula is C10H11BrClN. The highest BCUT2D eigenvalue weighted by Crippen LogP contribution is 2.31. The first-order valence-corrected chi connectivity index (χ1v) is 5.64. The average Bonchev–Trinajstić information content (AvgIpc) is 2.56. The minimum absolute atomic E-state index is 0.787. The number of hydrogen-bond acceptors (Lipinski definition) is 1. The van der Waals surface area contributed by atoms with E-state index in [2.05, 4.69) is 26.9 Å². The second-order valence-corrected chi connectivity index (χ2v) is 4.58. The first-order valence-electron chi connectivity index (χ1n) is 4.47. The van der Waals surface area contributed by atoms with E-state index in [0.29, 0.717) is 0 Å². The zero-order valence-corrected chi connectivity index (χ0v) is 9.61. The van der Waals surface area contributed by atoms with Crippen LogP contribution in [-0.4, -0.2) is 13.1 Å². The van der Waals surface area contributed by atoms with E-state index < -0.39 is 0 Å². The predicted molar refractivity (Wildman–Crippen MR) is 60.6 cm³/mol. The Morgan fingerprint density at radius 3 is 2.54 bits per heavy atom. The van der Waals surface area contributed by atoms with Crippen LogP contribution in [0.3, 0.4) is 0 Å². The Morgan fingerprint density at radius 1 is 1.23 bits per heavy atom. The molecule has 0 unspecified atom stereocenters. The van der Waals surface area contributed by atoms with Gasteiger partial charge in [-0.1, -0.05) is 11.6 Å². The molecule has 0 amide bonds. The van der Waals surface area contributed by atoms with Crippen LogP contribution in [0.4, 0.5) is 5.69 Å². The fourth-order valence-electron chi connectivity index (χ4n) is 1.70. The second kappa shape index (κ2) is 3.89. The van der Waals surface area contributed by atoms with Gasteiger partial charge in [-0.15, -0.1) is 0 Å². The molecule has 0 atom stereocenters. The molecule has 1 nitrogen and oxygen atoms in total. The summed E-state index contributed by atoms with van der Waals surface area (Å²) in [6.07, 6.45) is 2.60. The van der Waals surface area contributed by atoms with Crippen LogP contribution in [-0.2, 0) is 0 Å². The Morgan fingerprint density at radius 2 is 1.92 bits per heavy atom. The van der Waals surface area contributed by atoms with E-state index in [1.165, 1.54) is 31.6 Å². The Labute approximate surface area is 91.8 Å². The third-order valence-corrected chi connectivity index (χ3v) is 3.23. The lowest BCUT2D eigenvalue weighted by Crippen LogP contribution is -2.17. The van der Waals surface area contributed by atoms with E-state index in [0.717, 1.165) is 9.50 Å². The maximum Gasteiger partial charge on any atom is 0.0511 e. The van der Waals surface area contributed by atoms with E-state index in [9.17, 15) is 0 Å². The maximum absolute atomic E-state index is 5.88. The quantitative estimate of drug-likeness (QED) is 0.744. The predicted octanol–water partition coefficient (Wildman–Crippen LogP) is 3.70. The minimum atomic E-state index is 0.787. The van der Waals surface area contributed by atoms with Gasteiger partial charge >= 0.3 is 0 Å². The summed E-state index contributed by atoms with van der Waals surface area (Å²) in [6.45, 7) is 2.33. The fraction of sp³-hybridized carbons (Fsp3) is 0.400. The van der Waals surface area contributed by atoms with Gasteiger partial charge in [0.1, 0.15) is 0 Å². The molecule has 1 aliphatic heterocycles. The molecular weight excluding hydrogens is 249 g/mol. The van der Waals surface area contributed by atoms with Gasteiger partial charge in [-0.25, -0.2) is 0 Å². The fourth-order valence-corrected chi connectivity index (χ4v) is 2.63. The summed E-state index contributed by atoms with van der Waals surface area (Å²) in [5.74, 6) is 0. The smallest absolute Gasteiger partial charge is 0.0511 e. The number of anilines is 1. The zero-order chi connectivity index (χ0) is 9.26. The second-order valence-electron chi connectivity index (χ2n) is 3.29. The largest absolute Gasteiger partial charge is 0.371 e. The summed E-state index contributed by atoms with van der Waals surface area (Å²) >= 11 is 9.41. The molecule has 0 radical (unpaired) electrons. The molecule has 1 fully saturated rings. The van der Waals surface area contributed by atoms with Crippen molar-refractivity contribution in [3.8, 4) is 0 Å². The van der Waals surface area contributed by atoms with Crippen LogP contribution in [0, 0.1) is 0 Å². The number of nitrogens with zero attached hydrogens (tertiary/aromatic N) is 1. The van der Waals surface area contributed by atoms with Crippen LogP contribution in [0.5, 0.6) is 0 Å². The SMILES string of the molecule is Clc1ccc(N2CCCC2)c(Br)c1. The first-order chi connectivity index (χ1) is 6.27. The van der Waals surface area contributed by atoms with E-state index in [1.807, 2.05) is 12.1 Å². The van der Waals surface area contributed by atoms with Gasteiger partial charge in [-0.3, -0.25) is 0 Å². The van der Waals surface area contributed by atoms with Gasteiger partial charge in [0.15, 0.2) is 0 Å². The van der Waals surface area contributed by atoms with E-state index in [-0.39, 0.29) is 0 Å². The molecule has 0 bridgehead atoms. The minimum Gasteiger partial charge on any atom is -0.371 e. The Hall–Kier alpha value is -0.210. The van der Waals surface area contributed by atoms with Crippen molar-refractivity contribution in [2.24, 2.45) is 0 Å². The summed E-state index contributed by atoms with van der Waals surface area (Å²) in [6, 6.07) is 5.98. The van der Waals surface area contributed by atoms with Crippen molar-refractivity contribution in [2.75, 3.05) is 18.0 Å². The highest BCUT2D eigenvalue weighted by atomic mass is 79.9. The molecule has 2 rings (SSSR count). The topological polar surface area (TPSA) is 3.24 Å². The molecule has 1 aromatic rings. The molecule has 0 N–H and O–H groups in total. The third-order valence-electron chi connectivity index (χ3n) is 2.36. The van der Waals surface area contributed by atoms with Crippen LogP contribution in [0.2, 0.25) is 5.02 Å². The standard InChI is InChI=1S/C10H11BrClN/c11-9-7-8(12)3-4-10(9)13-5-1-2-6-13/h3-4,7H,1-2,5-6H2. The van der Waals surface area contributed by atoms with Gasteiger partial charge in [0.05, 0.1) is 5.69 Å². The maximum atomic E-state index is 5.88. The molecule has 0 spiro atoms. The van der Waals surface area contributed by atoms with E-state index in [4.69, 9.17) is 11.6 Å². The van der Waals surface area contributed by atoms with Crippen LogP contribution in [0.1, 0.15) is 12.8 Å². The number of halogens is 2. The summed E-state index contributed by atoms with van der Waals surface area (Å²) in [7, 11) is 0. The van der Waals surface area contributed by atoms with Gasteiger partial charge in [0, 0.05) is 22.6 Å². The molecule has 0 aromatic heterocycles. The van der Waals surface area contributed by atoms with Crippen LogP contribution >= 0.6 is 27.5 Å². The zero-order valence-electron chi connectivity index (χ0n) is 7.26. The molecule has 1 heterocycles. The van der Waals surface area contributed by atoms with Gasteiger partial charge in [0.2, 0.25) is 0 Å². The van der Waals surface area contributed by atoms with Crippen molar-refractivity contribution in [1.29, 1.82) is 0 Å². The van der Waals surface area contributed by atoms with Crippen molar-refractivity contribution in [2.45, 2.75) is 12.8 Å². The number of hydrogen-bond donors (Lipinski definition) is 0. The van der Waals surface area contributed by atoms with Gasteiger partial charge in [0.25, 0.3) is 0 Å². The summed E-state index contributed by atoms with van der Waals surface area (Å²) in [5.41, 5.74) is 1.27. The lowest BCUT2D eigenvalue weighted by molar-refractivity contribution is 0.949. The highest BCUT2D eigenvalue weighted by molar-refractivity contribution is 9.10. The lowest BCUT2D eigenvalue weighted by Gasteiger charge is -2.19. The van der Waals surface area contributed by atoms with Gasteiger partial charge < -0.3 is 4.90 Å². The number of rotatable bonds is 1. The monoisotopic (exact) mass is 259 g/mol. The van der Waals surface area contributed by atoms with Gasteiger partial charge in [-0.05, 0) is 47.0 Å². The van der Waals surface area contributed by atoms with Crippen molar-refractivity contribution in [3.63, 3.8) is 0 Å². The third kappa shape index (κ3) is 2.00. The van der Waals surface area contributed by atoms with E-state index in [1.54, 1.807) is 0 Å². The average molecular weight is 261 g/mol. The normalized spacial score (nSPS) is 16.6. The molecule has 13 heavy (non-hydrogen) atoms. The van der Waals surface area contributed by atoms with E-state index >= 15 is 0 Å². The Bertz CT molecular complexity index is 308. The molecule has 70 valence electrons. The van der Waals surface area contributed by atoms with Crippen molar-refractivity contribution >= 4 is 33.2 Å². The van der Waals surface area contributed by atoms with Crippen LogP contribution < -0.4 is 4.90 Å². The molecule has 0 aliphatic carbocycles. The van der Waals surface area contributed by atoms with Crippen LogP contribution in [0.25, 0.3) is 0 Å². The molecule has 1 aliphatic rings. The van der Waals surface area contributed by atoms with Crippen molar-refractivity contribution in [1.82, 2.24) is 0 Å². The lowest BCUT2D eigenvalue weighted by atomic mass is 10.3. The van der Waals surface area contributed by atoms with Gasteiger partial charge in [-0.2, -0.15) is 0 Å². The Kier molecular flexibility index (Phi) is 2.80. The first kappa shape index (κ1) is 9.35. The Balaban J connectivity index is 2.29. The molecule has 1 saturated heterocycles. The molecule has 0 saturated carbocycles. The summed E-state index contributed by atoms with van der Waals surface area (Å²) < 4.78 is 1.10.